The summed E-state index contributed by atoms with van der Waals surface area (Å²) in [5.74, 6) is -1.24. The second-order valence-electron chi connectivity index (χ2n) is 6.76. The van der Waals surface area contributed by atoms with E-state index in [1.807, 2.05) is 0 Å². The molecule has 0 saturated carbocycles. The number of aromatic nitrogens is 2. The first-order chi connectivity index (χ1) is 14.4. The number of carbonyl (C=O) groups is 2. The average Bonchev–Trinajstić information content (AvgIpc) is 2.74. The Morgan fingerprint density at radius 1 is 1.03 bits per heavy atom. The van der Waals surface area contributed by atoms with Crippen molar-refractivity contribution in [3.63, 3.8) is 0 Å². The Balaban J connectivity index is 1.47. The van der Waals surface area contributed by atoms with E-state index in [2.05, 4.69) is 15.7 Å². The summed E-state index contributed by atoms with van der Waals surface area (Å²) in [5.41, 5.74) is -0.133. The van der Waals surface area contributed by atoms with Crippen molar-refractivity contribution in [3.05, 3.63) is 80.1 Å². The predicted octanol–water partition coefficient (Wildman–Crippen LogP) is 1.07. The molecule has 2 aromatic carbocycles. The first-order valence-electron chi connectivity index (χ1n) is 9.39. The number of aryl methyl sites for hydroxylation is 2. The molecule has 0 aliphatic carbocycles. The van der Waals surface area contributed by atoms with Gasteiger partial charge in [-0.1, -0.05) is 18.2 Å². The summed E-state index contributed by atoms with van der Waals surface area (Å²) >= 11 is 0. The van der Waals surface area contributed by atoms with Crippen LogP contribution in [0.2, 0.25) is 0 Å². The standard InChI is InChI=1S/C21H21FN4O4/c1-13-6-7-14(12-17(13)22)19(28)24-10-9-23-18(27)8-11-26-21(30)16-5-3-2-4-15(16)20(29)25-26/h2-7,12H,8-11H2,1H3,(H,23,27)(H,24,28)(H,25,29). The molecule has 156 valence electrons. The molecule has 3 N–H and O–H groups in total. The molecule has 3 aromatic rings. The maximum absolute atomic E-state index is 13.5. The van der Waals surface area contributed by atoms with Crippen LogP contribution in [0.3, 0.4) is 0 Å². The highest BCUT2D eigenvalue weighted by Crippen LogP contribution is 2.08. The highest BCUT2D eigenvalue weighted by atomic mass is 19.1. The number of benzene rings is 2. The topological polar surface area (TPSA) is 113 Å². The maximum atomic E-state index is 13.5. The van der Waals surface area contributed by atoms with Crippen LogP contribution in [0.25, 0.3) is 10.8 Å². The normalized spacial score (nSPS) is 10.7. The fraction of sp³-hybridized carbons (Fsp3) is 0.238. The van der Waals surface area contributed by atoms with E-state index < -0.39 is 17.3 Å². The molecule has 0 unspecified atom stereocenters. The minimum absolute atomic E-state index is 0.0136. The first-order valence-corrected chi connectivity index (χ1v) is 9.39. The summed E-state index contributed by atoms with van der Waals surface area (Å²) in [4.78, 5) is 48.4. The Morgan fingerprint density at radius 3 is 2.47 bits per heavy atom. The van der Waals surface area contributed by atoms with E-state index in [9.17, 15) is 23.6 Å². The lowest BCUT2D eigenvalue weighted by atomic mass is 10.1. The second-order valence-corrected chi connectivity index (χ2v) is 6.76. The zero-order valence-corrected chi connectivity index (χ0v) is 16.3. The van der Waals surface area contributed by atoms with Gasteiger partial charge in [0.05, 0.1) is 17.3 Å². The van der Waals surface area contributed by atoms with Crippen molar-refractivity contribution in [2.45, 2.75) is 19.9 Å². The summed E-state index contributed by atoms with van der Waals surface area (Å²) < 4.78 is 14.6. The summed E-state index contributed by atoms with van der Waals surface area (Å²) in [5, 5.41) is 8.26. The third-order valence-electron chi connectivity index (χ3n) is 4.61. The molecule has 9 heteroatoms. The molecule has 0 bridgehead atoms. The van der Waals surface area contributed by atoms with Gasteiger partial charge >= 0.3 is 0 Å². The van der Waals surface area contributed by atoms with Gasteiger partial charge in [-0.15, -0.1) is 0 Å². The maximum Gasteiger partial charge on any atom is 0.273 e. The van der Waals surface area contributed by atoms with Gasteiger partial charge in [0.2, 0.25) is 5.91 Å². The van der Waals surface area contributed by atoms with E-state index in [1.165, 1.54) is 12.1 Å². The van der Waals surface area contributed by atoms with Gasteiger partial charge in [0, 0.05) is 25.1 Å². The Hall–Kier alpha value is -3.75. The molecule has 3 rings (SSSR count). The molecule has 0 aliphatic heterocycles. The Bertz CT molecular complexity index is 1220. The van der Waals surface area contributed by atoms with Gasteiger partial charge in [-0.25, -0.2) is 9.07 Å². The lowest BCUT2D eigenvalue weighted by molar-refractivity contribution is -0.121. The lowest BCUT2D eigenvalue weighted by Crippen LogP contribution is -2.36. The minimum atomic E-state index is -0.460. The van der Waals surface area contributed by atoms with Crippen molar-refractivity contribution < 1.29 is 14.0 Å². The molecule has 0 fully saturated rings. The molecular formula is C21H21FN4O4. The lowest BCUT2D eigenvalue weighted by Gasteiger charge is -2.09. The van der Waals surface area contributed by atoms with Gasteiger partial charge < -0.3 is 10.6 Å². The number of fused-ring (bicyclic) bond motifs is 1. The summed E-state index contributed by atoms with van der Waals surface area (Å²) in [6, 6.07) is 10.7. The highest BCUT2D eigenvalue weighted by Gasteiger charge is 2.10. The number of halogens is 1. The van der Waals surface area contributed by atoms with Crippen molar-refractivity contribution in [2.75, 3.05) is 13.1 Å². The highest BCUT2D eigenvalue weighted by molar-refractivity contribution is 5.94. The number of H-pyrrole nitrogens is 1. The van der Waals surface area contributed by atoms with Crippen LogP contribution in [-0.2, 0) is 11.3 Å². The van der Waals surface area contributed by atoms with Crippen molar-refractivity contribution >= 4 is 22.6 Å². The third kappa shape index (κ3) is 4.80. The van der Waals surface area contributed by atoms with Crippen LogP contribution in [0.15, 0.2) is 52.1 Å². The van der Waals surface area contributed by atoms with Crippen LogP contribution < -0.4 is 21.8 Å². The van der Waals surface area contributed by atoms with E-state index in [1.54, 1.807) is 31.2 Å². The third-order valence-corrected chi connectivity index (χ3v) is 4.61. The van der Waals surface area contributed by atoms with E-state index in [0.717, 1.165) is 10.7 Å². The molecule has 1 aromatic heterocycles. The number of carbonyl (C=O) groups excluding carboxylic acids is 2. The Kier molecular flexibility index (Phi) is 6.41. The van der Waals surface area contributed by atoms with Gasteiger partial charge in [0.25, 0.3) is 17.0 Å². The molecule has 30 heavy (non-hydrogen) atoms. The molecule has 2 amide bonds. The molecular weight excluding hydrogens is 391 g/mol. The number of aromatic amines is 1. The molecule has 8 nitrogen and oxygen atoms in total. The largest absolute Gasteiger partial charge is 0.354 e. The van der Waals surface area contributed by atoms with Crippen molar-refractivity contribution in [2.24, 2.45) is 0 Å². The molecule has 0 aliphatic rings. The monoisotopic (exact) mass is 412 g/mol. The van der Waals surface area contributed by atoms with E-state index in [0.29, 0.717) is 10.9 Å². The number of hydrogen-bond donors (Lipinski definition) is 3. The van der Waals surface area contributed by atoms with Crippen molar-refractivity contribution in [1.82, 2.24) is 20.4 Å². The summed E-state index contributed by atoms with van der Waals surface area (Å²) in [7, 11) is 0. The average molecular weight is 412 g/mol. The van der Waals surface area contributed by atoms with Gasteiger partial charge in [0.15, 0.2) is 0 Å². The quantitative estimate of drug-likeness (QED) is 0.504. The van der Waals surface area contributed by atoms with Gasteiger partial charge in [-0.2, -0.15) is 0 Å². The van der Waals surface area contributed by atoms with Crippen LogP contribution in [0.4, 0.5) is 4.39 Å². The number of hydrogen-bond acceptors (Lipinski definition) is 4. The van der Waals surface area contributed by atoms with Crippen molar-refractivity contribution in [3.8, 4) is 0 Å². The Labute approximate surface area is 170 Å². The SMILES string of the molecule is Cc1ccc(C(=O)NCCNC(=O)CCn2[nH]c(=O)c3ccccc3c2=O)cc1F. The first kappa shape index (κ1) is 21.0. The summed E-state index contributed by atoms with van der Waals surface area (Å²) in [6.07, 6.45) is -0.0225. The van der Waals surface area contributed by atoms with Crippen LogP contribution in [0, 0.1) is 12.7 Å². The van der Waals surface area contributed by atoms with Crippen LogP contribution in [0.5, 0.6) is 0 Å². The number of amides is 2. The van der Waals surface area contributed by atoms with Crippen LogP contribution in [0.1, 0.15) is 22.3 Å². The second kappa shape index (κ2) is 9.17. The molecule has 0 saturated heterocycles. The molecule has 1 heterocycles. The van der Waals surface area contributed by atoms with Gasteiger partial charge in [0.1, 0.15) is 5.82 Å². The van der Waals surface area contributed by atoms with E-state index in [-0.39, 0.29) is 48.5 Å². The molecule has 0 atom stereocenters. The van der Waals surface area contributed by atoms with Gasteiger partial charge in [-0.05, 0) is 36.8 Å². The minimum Gasteiger partial charge on any atom is -0.354 e. The van der Waals surface area contributed by atoms with Crippen LogP contribution >= 0.6 is 0 Å². The van der Waals surface area contributed by atoms with E-state index >= 15 is 0 Å². The summed E-state index contributed by atoms with van der Waals surface area (Å²) in [6.45, 7) is 1.95. The molecule has 0 radical (unpaired) electrons. The number of rotatable bonds is 7. The predicted molar refractivity (Wildman–Crippen MR) is 110 cm³/mol. The Morgan fingerprint density at radius 2 is 1.73 bits per heavy atom. The number of nitrogens with zero attached hydrogens (tertiary/aromatic N) is 1. The fourth-order valence-electron chi connectivity index (χ4n) is 2.92. The zero-order valence-electron chi connectivity index (χ0n) is 16.3. The fourth-order valence-corrected chi connectivity index (χ4v) is 2.92. The van der Waals surface area contributed by atoms with Gasteiger partial charge in [-0.3, -0.25) is 24.3 Å². The zero-order chi connectivity index (χ0) is 21.7. The van der Waals surface area contributed by atoms with Crippen molar-refractivity contribution in [1.29, 1.82) is 0 Å². The smallest absolute Gasteiger partial charge is 0.273 e. The number of nitrogens with one attached hydrogen (secondary N) is 3. The van der Waals surface area contributed by atoms with E-state index in [4.69, 9.17) is 0 Å². The molecule has 0 spiro atoms. The van der Waals surface area contributed by atoms with Crippen LogP contribution in [-0.4, -0.2) is 34.7 Å².